The van der Waals surface area contributed by atoms with E-state index in [0.717, 1.165) is 18.0 Å². The molecule has 3 N–H and O–H groups in total. The highest BCUT2D eigenvalue weighted by molar-refractivity contribution is 5.44. The normalized spacial score (nSPS) is 16.2. The number of halogens is 2. The van der Waals surface area contributed by atoms with Gasteiger partial charge in [-0.2, -0.15) is 8.78 Å². The molecule has 1 saturated carbocycles. The maximum Gasteiger partial charge on any atom is 0.387 e. The molecule has 2 rings (SSSR count). The van der Waals surface area contributed by atoms with Crippen molar-refractivity contribution in [1.29, 1.82) is 0 Å². The zero-order chi connectivity index (χ0) is 14.5. The summed E-state index contributed by atoms with van der Waals surface area (Å²) in [6.07, 6.45) is 2.49. The zero-order valence-corrected chi connectivity index (χ0v) is 11.4. The van der Waals surface area contributed by atoms with E-state index in [-0.39, 0.29) is 17.5 Å². The molecule has 1 unspecified atom stereocenters. The Kier molecular flexibility index (Phi) is 5.14. The highest BCUT2D eigenvalue weighted by atomic mass is 19.3. The van der Waals surface area contributed by atoms with E-state index in [2.05, 4.69) is 10.1 Å². The summed E-state index contributed by atoms with van der Waals surface area (Å²) in [6, 6.07) is 4.92. The third kappa shape index (κ3) is 4.05. The maximum absolute atomic E-state index is 12.4. The maximum atomic E-state index is 12.4. The molecular formula is C14H20F2N2O2. The Bertz CT molecular complexity index is 439. The molecule has 1 atom stereocenters. The summed E-state index contributed by atoms with van der Waals surface area (Å²) >= 11 is 0. The summed E-state index contributed by atoms with van der Waals surface area (Å²) in [5.41, 5.74) is 6.57. The molecule has 1 aromatic carbocycles. The molecule has 1 aliphatic carbocycles. The summed E-state index contributed by atoms with van der Waals surface area (Å²) in [5.74, 6) is 1.04. The molecule has 1 aromatic rings. The fourth-order valence-corrected chi connectivity index (χ4v) is 2.07. The summed E-state index contributed by atoms with van der Waals surface area (Å²) in [5, 5.41) is 3.36. The number of nitrogens with two attached hydrogens (primary N) is 1. The van der Waals surface area contributed by atoms with E-state index in [0.29, 0.717) is 6.54 Å². The van der Waals surface area contributed by atoms with Gasteiger partial charge >= 0.3 is 6.61 Å². The zero-order valence-electron chi connectivity index (χ0n) is 11.4. The van der Waals surface area contributed by atoms with E-state index in [9.17, 15) is 8.78 Å². The van der Waals surface area contributed by atoms with Gasteiger partial charge in [-0.25, -0.2) is 0 Å². The van der Waals surface area contributed by atoms with Crippen LogP contribution in [0.1, 0.15) is 24.4 Å². The minimum Gasteiger partial charge on any atom is -0.493 e. The summed E-state index contributed by atoms with van der Waals surface area (Å²) < 4.78 is 34.3. The first-order valence-corrected chi connectivity index (χ1v) is 6.70. The molecule has 0 saturated heterocycles. The number of benzene rings is 1. The minimum atomic E-state index is -2.88. The Morgan fingerprint density at radius 1 is 1.35 bits per heavy atom. The topological polar surface area (TPSA) is 56.5 Å². The quantitative estimate of drug-likeness (QED) is 0.770. The second-order valence-electron chi connectivity index (χ2n) is 4.93. The monoisotopic (exact) mass is 286 g/mol. The van der Waals surface area contributed by atoms with Gasteiger partial charge in [0, 0.05) is 12.6 Å². The molecule has 1 fully saturated rings. The lowest BCUT2D eigenvalue weighted by atomic mass is 10.1. The molecule has 20 heavy (non-hydrogen) atoms. The van der Waals surface area contributed by atoms with Crippen LogP contribution in [0.25, 0.3) is 0 Å². The Balaban J connectivity index is 2.11. The Morgan fingerprint density at radius 3 is 2.65 bits per heavy atom. The fraction of sp³-hybridized carbons (Fsp3) is 0.571. The number of hydrogen-bond acceptors (Lipinski definition) is 4. The van der Waals surface area contributed by atoms with Crippen molar-refractivity contribution in [1.82, 2.24) is 5.32 Å². The van der Waals surface area contributed by atoms with Gasteiger partial charge in [0.15, 0.2) is 11.5 Å². The van der Waals surface area contributed by atoms with Gasteiger partial charge in [-0.3, -0.25) is 0 Å². The van der Waals surface area contributed by atoms with Crippen molar-refractivity contribution >= 4 is 0 Å². The van der Waals surface area contributed by atoms with E-state index in [1.807, 2.05) is 6.07 Å². The van der Waals surface area contributed by atoms with Gasteiger partial charge < -0.3 is 20.5 Å². The molecule has 4 nitrogen and oxygen atoms in total. The highest BCUT2D eigenvalue weighted by Gasteiger charge is 2.23. The first kappa shape index (κ1) is 15.0. The van der Waals surface area contributed by atoms with Crippen molar-refractivity contribution in [3.05, 3.63) is 23.8 Å². The van der Waals surface area contributed by atoms with Crippen molar-refractivity contribution in [3.8, 4) is 11.5 Å². The molecule has 0 radical (unpaired) electrons. The molecule has 1 aliphatic rings. The summed E-state index contributed by atoms with van der Waals surface area (Å²) in [7, 11) is 1.42. The average molecular weight is 286 g/mol. The Morgan fingerprint density at radius 2 is 2.10 bits per heavy atom. The van der Waals surface area contributed by atoms with Gasteiger partial charge in [0.25, 0.3) is 0 Å². The van der Waals surface area contributed by atoms with Crippen molar-refractivity contribution in [3.63, 3.8) is 0 Å². The minimum absolute atomic E-state index is 0.0340. The Hall–Kier alpha value is -1.40. The standard InChI is InChI=1S/C14H20F2N2O2/c1-19-12-5-4-10(6-13(12)20-14(15)16)11(7-17)18-8-9-2-3-9/h4-6,9,11,14,18H,2-3,7-8,17H2,1H3. The van der Waals surface area contributed by atoms with Crippen molar-refractivity contribution < 1.29 is 18.3 Å². The van der Waals surface area contributed by atoms with Gasteiger partial charge in [-0.1, -0.05) is 6.07 Å². The lowest BCUT2D eigenvalue weighted by Crippen LogP contribution is -2.29. The second-order valence-corrected chi connectivity index (χ2v) is 4.93. The Labute approximate surface area is 117 Å². The molecular weight excluding hydrogens is 266 g/mol. The first-order chi connectivity index (χ1) is 9.63. The van der Waals surface area contributed by atoms with Crippen molar-refractivity contribution in [2.24, 2.45) is 11.7 Å². The third-order valence-corrected chi connectivity index (χ3v) is 3.39. The van der Waals surface area contributed by atoms with Crippen LogP contribution in [0, 0.1) is 5.92 Å². The predicted molar refractivity (Wildman–Crippen MR) is 72.1 cm³/mol. The number of rotatable bonds is 8. The van der Waals surface area contributed by atoms with Gasteiger partial charge in [0.05, 0.1) is 7.11 Å². The van der Waals surface area contributed by atoms with Crippen LogP contribution in [0.15, 0.2) is 18.2 Å². The predicted octanol–water partition coefficient (Wildman–Crippen LogP) is 2.30. The highest BCUT2D eigenvalue weighted by Crippen LogP contribution is 2.32. The summed E-state index contributed by atoms with van der Waals surface area (Å²) in [4.78, 5) is 0. The first-order valence-electron chi connectivity index (χ1n) is 6.70. The third-order valence-electron chi connectivity index (χ3n) is 3.39. The van der Waals surface area contributed by atoms with Gasteiger partial charge in [0.2, 0.25) is 0 Å². The molecule has 6 heteroatoms. The second kappa shape index (κ2) is 6.85. The van der Waals surface area contributed by atoms with Gasteiger partial charge in [-0.05, 0) is 43.0 Å². The van der Waals surface area contributed by atoms with E-state index < -0.39 is 6.61 Å². The van der Waals surface area contributed by atoms with Crippen LogP contribution in [-0.4, -0.2) is 26.8 Å². The van der Waals surface area contributed by atoms with E-state index in [4.69, 9.17) is 10.5 Å². The van der Waals surface area contributed by atoms with Crippen LogP contribution >= 0.6 is 0 Å². The number of nitrogens with one attached hydrogen (secondary N) is 1. The van der Waals surface area contributed by atoms with E-state index in [1.54, 1.807) is 12.1 Å². The van der Waals surface area contributed by atoms with E-state index in [1.165, 1.54) is 20.0 Å². The fourth-order valence-electron chi connectivity index (χ4n) is 2.07. The smallest absolute Gasteiger partial charge is 0.387 e. The molecule has 112 valence electrons. The molecule has 0 spiro atoms. The van der Waals surface area contributed by atoms with Crippen LogP contribution in [0.2, 0.25) is 0 Å². The van der Waals surface area contributed by atoms with Crippen LogP contribution < -0.4 is 20.5 Å². The number of hydrogen-bond donors (Lipinski definition) is 2. The van der Waals surface area contributed by atoms with Crippen molar-refractivity contribution in [2.75, 3.05) is 20.2 Å². The lowest BCUT2D eigenvalue weighted by molar-refractivity contribution is -0.0512. The van der Waals surface area contributed by atoms with Crippen LogP contribution in [0.3, 0.4) is 0 Å². The number of methoxy groups -OCH3 is 1. The number of ether oxygens (including phenoxy) is 2. The molecule has 0 heterocycles. The summed E-state index contributed by atoms with van der Waals surface area (Å²) in [6.45, 7) is -1.58. The largest absolute Gasteiger partial charge is 0.493 e. The molecule has 0 bridgehead atoms. The van der Waals surface area contributed by atoms with Crippen LogP contribution in [0.4, 0.5) is 8.78 Å². The number of alkyl halides is 2. The molecule has 0 amide bonds. The van der Waals surface area contributed by atoms with Crippen molar-refractivity contribution in [2.45, 2.75) is 25.5 Å². The SMILES string of the molecule is COc1ccc(C(CN)NCC2CC2)cc1OC(F)F. The van der Waals surface area contributed by atoms with Crippen LogP contribution in [-0.2, 0) is 0 Å². The van der Waals surface area contributed by atoms with Gasteiger partial charge in [-0.15, -0.1) is 0 Å². The van der Waals surface area contributed by atoms with E-state index >= 15 is 0 Å². The van der Waals surface area contributed by atoms with Crippen LogP contribution in [0.5, 0.6) is 11.5 Å². The molecule has 0 aromatic heterocycles. The average Bonchev–Trinajstić information content (AvgIpc) is 3.23. The molecule has 0 aliphatic heterocycles. The van der Waals surface area contributed by atoms with Gasteiger partial charge in [0.1, 0.15) is 0 Å². The lowest BCUT2D eigenvalue weighted by Gasteiger charge is -2.19.